The Morgan fingerprint density at radius 2 is 2.45 bits per heavy atom. The Balaban J connectivity index is 3.06. The fourth-order valence-electron chi connectivity index (χ4n) is 0.667. The molecule has 1 heterocycles. The summed E-state index contributed by atoms with van der Waals surface area (Å²) in [6.45, 7) is 0. The molecule has 5 heteroatoms. The molecule has 0 aromatic carbocycles. The summed E-state index contributed by atoms with van der Waals surface area (Å²) >= 11 is 3.30. The van der Waals surface area contributed by atoms with Crippen molar-refractivity contribution in [2.45, 2.75) is 4.90 Å². The maximum absolute atomic E-state index is 5.60. The average molecular weight is 254 g/mol. The Morgan fingerprint density at radius 3 is 3.00 bits per heavy atom. The maximum atomic E-state index is 5.60. The second-order valence-corrected chi connectivity index (χ2v) is 3.80. The number of halogens is 2. The van der Waals surface area contributed by atoms with Crippen molar-refractivity contribution in [1.82, 2.24) is 4.98 Å². The van der Waals surface area contributed by atoms with Crippen LogP contribution in [-0.4, -0.2) is 12.0 Å². The summed E-state index contributed by atoms with van der Waals surface area (Å²) < 4.78 is 0.930. The summed E-state index contributed by atoms with van der Waals surface area (Å²) in [5.41, 5.74) is 0. The summed E-state index contributed by atoms with van der Waals surface area (Å²) in [7, 11) is 8.56. The largest absolute Gasteiger partial charge is 0.372 e. The molecule has 0 aliphatic rings. The van der Waals surface area contributed by atoms with Gasteiger partial charge in [0.05, 0.1) is 4.90 Å². The van der Waals surface area contributed by atoms with Crippen LogP contribution in [0.25, 0.3) is 0 Å². The van der Waals surface area contributed by atoms with Gasteiger partial charge in [0.15, 0.2) is 0 Å². The number of anilines is 1. The Bertz CT molecular complexity index is 256. The Morgan fingerprint density at radius 1 is 1.73 bits per heavy atom. The molecule has 0 saturated carbocycles. The molecule has 0 radical (unpaired) electrons. The Kier molecular flexibility index (Phi) is 3.48. The first-order valence-electron chi connectivity index (χ1n) is 2.90. The van der Waals surface area contributed by atoms with Crippen LogP contribution in [0.1, 0.15) is 0 Å². The minimum Gasteiger partial charge on any atom is -0.372 e. The zero-order chi connectivity index (χ0) is 8.27. The number of pyridine rings is 1. The maximum Gasteiger partial charge on any atom is 0.140 e. The van der Waals surface area contributed by atoms with Gasteiger partial charge in [0, 0.05) is 17.7 Å². The zero-order valence-electron chi connectivity index (χ0n) is 5.77. The van der Waals surface area contributed by atoms with E-state index >= 15 is 0 Å². The van der Waals surface area contributed by atoms with Crippen LogP contribution in [0.15, 0.2) is 21.6 Å². The van der Waals surface area contributed by atoms with Crippen LogP contribution < -0.4 is 5.32 Å². The molecule has 1 N–H and O–H groups in total. The number of nitrogens with zero attached hydrogens (tertiary/aromatic N) is 1. The van der Waals surface area contributed by atoms with Crippen LogP contribution in [0.5, 0.6) is 0 Å². The highest BCUT2D eigenvalue weighted by Gasteiger charge is 2.01. The van der Waals surface area contributed by atoms with E-state index in [-0.39, 0.29) is 0 Å². The van der Waals surface area contributed by atoms with E-state index < -0.39 is 0 Å². The molecule has 1 aromatic rings. The lowest BCUT2D eigenvalue weighted by Crippen LogP contribution is -1.93. The Hall–Kier alpha value is 0.0700. The van der Waals surface area contributed by atoms with Crippen LogP contribution in [0.3, 0.4) is 0 Å². The fourth-order valence-corrected chi connectivity index (χ4v) is 1.90. The molecule has 0 fully saturated rings. The highest BCUT2D eigenvalue weighted by atomic mass is 79.9. The van der Waals surface area contributed by atoms with E-state index in [4.69, 9.17) is 10.7 Å². The van der Waals surface area contributed by atoms with Crippen molar-refractivity contribution in [3.8, 4) is 0 Å². The van der Waals surface area contributed by atoms with Crippen LogP contribution in [0.2, 0.25) is 0 Å². The highest BCUT2D eigenvalue weighted by molar-refractivity contribution is 9.10. The molecule has 0 amide bonds. The lowest BCUT2D eigenvalue weighted by Gasteiger charge is -2.03. The molecule has 1 aromatic heterocycles. The molecule has 0 aliphatic heterocycles. The predicted molar refractivity (Wildman–Crippen MR) is 53.2 cm³/mol. The molecular formula is C6H6BrClN2S. The lowest BCUT2D eigenvalue weighted by atomic mass is 10.4. The predicted octanol–water partition coefficient (Wildman–Crippen LogP) is 3.13. The summed E-state index contributed by atoms with van der Waals surface area (Å²) in [4.78, 5) is 5.02. The summed E-state index contributed by atoms with van der Waals surface area (Å²) in [6, 6.07) is 1.91. The zero-order valence-corrected chi connectivity index (χ0v) is 8.92. The minimum atomic E-state index is 0.799. The van der Waals surface area contributed by atoms with Gasteiger partial charge in [-0.2, -0.15) is 0 Å². The van der Waals surface area contributed by atoms with E-state index in [1.165, 1.54) is 0 Å². The lowest BCUT2D eigenvalue weighted by molar-refractivity contribution is 1.20. The molecule has 0 spiro atoms. The van der Waals surface area contributed by atoms with E-state index in [1.807, 2.05) is 13.1 Å². The molecule has 2 nitrogen and oxygen atoms in total. The number of rotatable bonds is 2. The number of nitrogens with one attached hydrogen (secondary N) is 1. The van der Waals surface area contributed by atoms with Gasteiger partial charge in [-0.3, -0.25) is 0 Å². The third-order valence-corrected chi connectivity index (χ3v) is 2.55. The van der Waals surface area contributed by atoms with Gasteiger partial charge in [-0.25, -0.2) is 4.98 Å². The van der Waals surface area contributed by atoms with Gasteiger partial charge >= 0.3 is 0 Å². The van der Waals surface area contributed by atoms with Gasteiger partial charge in [-0.15, -0.1) is 0 Å². The van der Waals surface area contributed by atoms with Gasteiger partial charge in [-0.05, 0) is 43.7 Å². The topological polar surface area (TPSA) is 24.9 Å². The Labute approximate surface area is 82.4 Å². The van der Waals surface area contributed by atoms with Crippen LogP contribution in [0, 0.1) is 0 Å². The molecule has 0 unspecified atom stereocenters. The smallest absolute Gasteiger partial charge is 0.140 e. The molecule has 0 bridgehead atoms. The van der Waals surface area contributed by atoms with Crippen molar-refractivity contribution in [2.24, 2.45) is 0 Å². The minimum absolute atomic E-state index is 0.799. The fraction of sp³-hybridized carbons (Fsp3) is 0.167. The molecule has 0 saturated heterocycles. The first-order valence-corrected chi connectivity index (χ1v) is 5.33. The quantitative estimate of drug-likeness (QED) is 0.876. The molecule has 11 heavy (non-hydrogen) atoms. The van der Waals surface area contributed by atoms with Gasteiger partial charge in [0.1, 0.15) is 5.82 Å². The third-order valence-electron chi connectivity index (χ3n) is 1.14. The monoisotopic (exact) mass is 252 g/mol. The van der Waals surface area contributed by atoms with Crippen LogP contribution in [0.4, 0.5) is 5.82 Å². The molecule has 0 atom stereocenters. The highest BCUT2D eigenvalue weighted by Crippen LogP contribution is 2.30. The molecular weight excluding hydrogens is 248 g/mol. The first kappa shape index (κ1) is 9.16. The second kappa shape index (κ2) is 4.18. The summed E-state index contributed by atoms with van der Waals surface area (Å²) in [5.74, 6) is 0.799. The van der Waals surface area contributed by atoms with E-state index in [2.05, 4.69) is 26.2 Å². The number of hydrogen-bond donors (Lipinski definition) is 1. The van der Waals surface area contributed by atoms with Gasteiger partial charge in [0.2, 0.25) is 0 Å². The summed E-state index contributed by atoms with van der Waals surface area (Å²) in [5, 5.41) is 2.94. The van der Waals surface area contributed by atoms with E-state index in [0.717, 1.165) is 26.2 Å². The van der Waals surface area contributed by atoms with Gasteiger partial charge in [0.25, 0.3) is 0 Å². The normalized spacial score (nSPS) is 9.73. The second-order valence-electron chi connectivity index (χ2n) is 1.83. The van der Waals surface area contributed by atoms with E-state index in [0.29, 0.717) is 0 Å². The third kappa shape index (κ3) is 2.25. The van der Waals surface area contributed by atoms with E-state index in [1.54, 1.807) is 6.20 Å². The first-order chi connectivity index (χ1) is 5.27. The SMILES string of the molecule is CNc1ncc(Br)cc1SCl. The standard InChI is InChI=1S/C6H6BrClN2S/c1-9-6-5(11-8)2-4(7)3-10-6/h2-3H,1H3,(H,9,10). The van der Waals surface area contributed by atoms with Crippen LogP contribution in [-0.2, 0) is 0 Å². The number of aromatic nitrogens is 1. The van der Waals surface area contributed by atoms with Gasteiger partial charge in [-0.1, -0.05) is 0 Å². The molecule has 0 aliphatic carbocycles. The van der Waals surface area contributed by atoms with Gasteiger partial charge < -0.3 is 5.32 Å². The van der Waals surface area contributed by atoms with Crippen molar-refractivity contribution in [2.75, 3.05) is 12.4 Å². The van der Waals surface area contributed by atoms with Crippen LogP contribution >= 0.6 is 37.6 Å². The van der Waals surface area contributed by atoms with Crippen molar-refractivity contribution >= 4 is 43.4 Å². The van der Waals surface area contributed by atoms with Crippen molar-refractivity contribution in [3.63, 3.8) is 0 Å². The van der Waals surface area contributed by atoms with Crippen molar-refractivity contribution in [3.05, 3.63) is 16.7 Å². The molecule has 1 rings (SSSR count). The molecule has 60 valence electrons. The van der Waals surface area contributed by atoms with Crippen molar-refractivity contribution < 1.29 is 0 Å². The number of hydrogen-bond acceptors (Lipinski definition) is 3. The summed E-state index contributed by atoms with van der Waals surface area (Å²) in [6.07, 6.45) is 1.72. The average Bonchev–Trinajstić information content (AvgIpc) is 2.04. The van der Waals surface area contributed by atoms with E-state index in [9.17, 15) is 0 Å². The van der Waals surface area contributed by atoms with Crippen molar-refractivity contribution in [1.29, 1.82) is 0 Å².